The summed E-state index contributed by atoms with van der Waals surface area (Å²) >= 11 is 1.43. The molecule has 2 aromatic carbocycles. The van der Waals surface area contributed by atoms with Crippen molar-refractivity contribution in [3.63, 3.8) is 0 Å². The lowest BCUT2D eigenvalue weighted by Crippen LogP contribution is -2.37. The van der Waals surface area contributed by atoms with Gasteiger partial charge in [-0.1, -0.05) is 41.8 Å². The van der Waals surface area contributed by atoms with E-state index in [2.05, 4.69) is 26.9 Å². The van der Waals surface area contributed by atoms with Gasteiger partial charge in [0.15, 0.2) is 0 Å². The minimum Gasteiger partial charge on any atom is -0.349 e. The lowest BCUT2D eigenvalue weighted by Gasteiger charge is -2.29. The van der Waals surface area contributed by atoms with Gasteiger partial charge in [-0.05, 0) is 44.0 Å². The number of thiazole rings is 1. The fraction of sp³-hybridized carbons (Fsp3) is 0.296. The van der Waals surface area contributed by atoms with Gasteiger partial charge in [0.1, 0.15) is 5.69 Å². The van der Waals surface area contributed by atoms with E-state index in [-0.39, 0.29) is 35.7 Å². The van der Waals surface area contributed by atoms with Crippen LogP contribution >= 0.6 is 11.3 Å². The summed E-state index contributed by atoms with van der Waals surface area (Å²) < 4.78 is 27.2. The molecule has 0 unspecified atom stereocenters. The Kier molecular flexibility index (Phi) is 8.71. The molecule has 0 radical (unpaired) electrons. The lowest BCUT2D eigenvalue weighted by atomic mass is 9.97. The Balaban J connectivity index is 1.22. The van der Waals surface area contributed by atoms with Crippen LogP contribution in [-0.4, -0.2) is 56.3 Å². The fourth-order valence-corrected chi connectivity index (χ4v) is 5.89. The average molecular weight is 537 g/mol. The van der Waals surface area contributed by atoms with Crippen LogP contribution in [0.4, 0.5) is 0 Å². The summed E-state index contributed by atoms with van der Waals surface area (Å²) in [5.74, 6) is 5.27. The van der Waals surface area contributed by atoms with Crippen LogP contribution < -0.4 is 10.0 Å². The van der Waals surface area contributed by atoms with Crippen LogP contribution in [0.25, 0.3) is 0 Å². The summed E-state index contributed by atoms with van der Waals surface area (Å²) in [6.07, 6.45) is 1.52. The minimum atomic E-state index is -3.63. The monoisotopic (exact) mass is 536 g/mol. The van der Waals surface area contributed by atoms with Gasteiger partial charge in [-0.25, -0.2) is 18.1 Å². The number of rotatable bonds is 7. The highest BCUT2D eigenvalue weighted by Gasteiger charge is 2.26. The van der Waals surface area contributed by atoms with Gasteiger partial charge >= 0.3 is 0 Å². The molecule has 192 valence electrons. The number of nitrogens with zero attached hydrogens (tertiary/aromatic N) is 2. The second-order valence-electron chi connectivity index (χ2n) is 8.72. The van der Waals surface area contributed by atoms with Crippen molar-refractivity contribution in [2.45, 2.75) is 30.6 Å². The van der Waals surface area contributed by atoms with E-state index >= 15 is 0 Å². The summed E-state index contributed by atoms with van der Waals surface area (Å²) in [6.45, 7) is 3.28. The Morgan fingerprint density at radius 2 is 1.76 bits per heavy atom. The Bertz CT molecular complexity index is 1400. The number of likely N-dealkylation sites (tertiary alicyclic amines) is 1. The molecule has 0 atom stereocenters. The molecule has 0 aliphatic carbocycles. The van der Waals surface area contributed by atoms with E-state index in [1.807, 2.05) is 37.3 Å². The SMILES string of the molecule is Cc1ccc(S(=O)(=O)NCCNC(=O)c2csc(C3CCN(C(=O)C#Cc4ccccc4)CC3)n2)cc1. The Morgan fingerprint density at radius 1 is 1.05 bits per heavy atom. The predicted octanol–water partition coefficient (Wildman–Crippen LogP) is 2.92. The van der Waals surface area contributed by atoms with Crippen LogP contribution in [0.15, 0.2) is 64.9 Å². The third kappa shape index (κ3) is 7.26. The van der Waals surface area contributed by atoms with Crippen LogP contribution in [0.1, 0.15) is 45.4 Å². The van der Waals surface area contributed by atoms with Crippen LogP contribution in [0.5, 0.6) is 0 Å². The molecule has 0 spiro atoms. The van der Waals surface area contributed by atoms with E-state index in [0.29, 0.717) is 18.8 Å². The minimum absolute atomic E-state index is 0.0681. The third-order valence-corrected chi connectivity index (χ3v) is 8.49. The Labute approximate surface area is 221 Å². The van der Waals surface area contributed by atoms with E-state index in [9.17, 15) is 18.0 Å². The molecule has 37 heavy (non-hydrogen) atoms. The zero-order chi connectivity index (χ0) is 26.3. The summed E-state index contributed by atoms with van der Waals surface area (Å²) in [4.78, 5) is 31.4. The van der Waals surface area contributed by atoms with E-state index in [1.54, 1.807) is 34.5 Å². The molecule has 1 aromatic heterocycles. The first-order valence-electron chi connectivity index (χ1n) is 12.0. The lowest BCUT2D eigenvalue weighted by molar-refractivity contribution is -0.126. The molecular formula is C27H28N4O4S2. The molecule has 1 aliphatic rings. The topological polar surface area (TPSA) is 108 Å². The van der Waals surface area contributed by atoms with Crippen molar-refractivity contribution in [1.82, 2.24) is 19.9 Å². The molecule has 1 saturated heterocycles. The molecular weight excluding hydrogens is 508 g/mol. The maximum Gasteiger partial charge on any atom is 0.298 e. The smallest absolute Gasteiger partial charge is 0.298 e. The van der Waals surface area contributed by atoms with Gasteiger partial charge in [0, 0.05) is 49.0 Å². The number of hydrogen-bond acceptors (Lipinski definition) is 6. The number of carbonyl (C=O) groups is 2. The van der Waals surface area contributed by atoms with Crippen LogP contribution in [0.3, 0.4) is 0 Å². The maximum absolute atomic E-state index is 12.5. The van der Waals surface area contributed by atoms with Crippen molar-refractivity contribution in [2.75, 3.05) is 26.2 Å². The number of aryl methyl sites for hydroxylation is 1. The number of benzene rings is 2. The van der Waals surface area contributed by atoms with Crippen LogP contribution in [-0.2, 0) is 14.8 Å². The van der Waals surface area contributed by atoms with Crippen molar-refractivity contribution in [1.29, 1.82) is 0 Å². The highest BCUT2D eigenvalue weighted by Crippen LogP contribution is 2.30. The number of aromatic nitrogens is 1. The van der Waals surface area contributed by atoms with E-state index < -0.39 is 10.0 Å². The number of sulfonamides is 1. The molecule has 1 aliphatic heterocycles. The summed E-state index contributed by atoms with van der Waals surface area (Å²) in [7, 11) is -3.63. The van der Waals surface area contributed by atoms with Gasteiger partial charge < -0.3 is 10.2 Å². The Hall–Kier alpha value is -3.52. The standard InChI is InChI=1S/C27H28N4O4S2/c1-20-7-10-23(11-8-20)37(34,35)29-16-15-28-26(33)24-19-36-27(30-24)22-13-17-31(18-14-22)25(32)12-9-21-5-3-2-4-6-21/h2-8,10-11,19,22,29H,13-18H2,1H3,(H,28,33). The van der Waals surface area contributed by atoms with Crippen molar-refractivity contribution in [3.05, 3.63) is 81.8 Å². The van der Waals surface area contributed by atoms with Crippen LogP contribution in [0, 0.1) is 18.8 Å². The Morgan fingerprint density at radius 3 is 2.46 bits per heavy atom. The molecule has 8 nitrogen and oxygen atoms in total. The van der Waals surface area contributed by atoms with E-state index in [1.165, 1.54) is 11.3 Å². The number of hydrogen-bond donors (Lipinski definition) is 2. The second-order valence-corrected chi connectivity index (χ2v) is 11.4. The van der Waals surface area contributed by atoms with Gasteiger partial charge in [-0.3, -0.25) is 9.59 Å². The molecule has 2 heterocycles. The fourth-order valence-electron chi connectivity index (χ4n) is 3.89. The summed E-state index contributed by atoms with van der Waals surface area (Å²) in [5, 5.41) is 5.29. The molecule has 4 rings (SSSR count). The molecule has 1 fully saturated rings. The predicted molar refractivity (Wildman–Crippen MR) is 143 cm³/mol. The first-order chi connectivity index (χ1) is 17.8. The first kappa shape index (κ1) is 26.5. The summed E-state index contributed by atoms with van der Waals surface area (Å²) in [6, 6.07) is 16.0. The normalized spacial score (nSPS) is 14.0. The molecule has 2 N–H and O–H groups in total. The van der Waals surface area contributed by atoms with Gasteiger partial charge in [0.25, 0.3) is 11.8 Å². The van der Waals surface area contributed by atoms with E-state index in [0.717, 1.165) is 29.0 Å². The van der Waals surface area contributed by atoms with Gasteiger partial charge in [0.05, 0.1) is 9.90 Å². The largest absolute Gasteiger partial charge is 0.349 e. The van der Waals surface area contributed by atoms with Gasteiger partial charge in [-0.2, -0.15) is 0 Å². The second kappa shape index (κ2) is 12.1. The number of nitrogens with one attached hydrogen (secondary N) is 2. The van der Waals surface area contributed by atoms with Crippen molar-refractivity contribution in [2.24, 2.45) is 0 Å². The van der Waals surface area contributed by atoms with Gasteiger partial charge in [-0.15, -0.1) is 11.3 Å². The van der Waals surface area contributed by atoms with Crippen molar-refractivity contribution >= 4 is 33.2 Å². The number of piperidine rings is 1. The number of amides is 2. The van der Waals surface area contributed by atoms with Crippen molar-refractivity contribution in [3.8, 4) is 11.8 Å². The molecule has 0 saturated carbocycles. The van der Waals surface area contributed by atoms with Crippen molar-refractivity contribution < 1.29 is 18.0 Å². The highest BCUT2D eigenvalue weighted by atomic mass is 32.2. The summed E-state index contributed by atoms with van der Waals surface area (Å²) in [5.41, 5.74) is 2.10. The van der Waals surface area contributed by atoms with E-state index in [4.69, 9.17) is 0 Å². The molecule has 3 aromatic rings. The quantitative estimate of drug-likeness (QED) is 0.357. The van der Waals surface area contributed by atoms with Crippen LogP contribution in [0.2, 0.25) is 0 Å². The molecule has 10 heteroatoms. The zero-order valence-corrected chi connectivity index (χ0v) is 22.1. The average Bonchev–Trinajstić information content (AvgIpc) is 3.41. The zero-order valence-electron chi connectivity index (χ0n) is 20.4. The third-order valence-electron chi connectivity index (χ3n) is 6.01. The molecule has 2 amide bonds. The first-order valence-corrected chi connectivity index (χ1v) is 14.3. The highest BCUT2D eigenvalue weighted by molar-refractivity contribution is 7.89. The van der Waals surface area contributed by atoms with Gasteiger partial charge in [0.2, 0.25) is 10.0 Å². The maximum atomic E-state index is 12.5. The number of carbonyl (C=O) groups excluding carboxylic acids is 2. The molecule has 0 bridgehead atoms.